The number of amides is 1. The molecule has 4 nitrogen and oxygen atoms in total. The minimum absolute atomic E-state index is 0.367. The highest BCUT2D eigenvalue weighted by molar-refractivity contribution is 5.73. The Bertz CT molecular complexity index is 111. The lowest BCUT2D eigenvalue weighted by molar-refractivity contribution is -0.128. The average molecular weight is 133 g/mol. The summed E-state index contributed by atoms with van der Waals surface area (Å²) >= 11 is 0. The van der Waals surface area contributed by atoms with E-state index >= 15 is 0 Å². The van der Waals surface area contributed by atoms with Crippen molar-refractivity contribution in [2.75, 3.05) is 6.61 Å². The Morgan fingerprint density at radius 3 is 2.33 bits per heavy atom. The molecule has 3 N–H and O–H groups in total. The van der Waals surface area contributed by atoms with Crippen molar-refractivity contribution < 1.29 is 15.0 Å². The van der Waals surface area contributed by atoms with Gasteiger partial charge in [-0.1, -0.05) is 0 Å². The van der Waals surface area contributed by atoms with Gasteiger partial charge >= 0.3 is 0 Å². The van der Waals surface area contributed by atoms with E-state index in [0.29, 0.717) is 0 Å². The summed E-state index contributed by atoms with van der Waals surface area (Å²) in [7, 11) is 0. The SMILES string of the molecule is CC(=O)NC(C)(O)CO. The number of rotatable bonds is 2. The number of nitrogens with one attached hydrogen (secondary N) is 1. The highest BCUT2D eigenvalue weighted by Gasteiger charge is 2.18. The van der Waals surface area contributed by atoms with Gasteiger partial charge in [-0.15, -0.1) is 0 Å². The van der Waals surface area contributed by atoms with Gasteiger partial charge in [-0.3, -0.25) is 4.79 Å². The fourth-order valence-electron chi connectivity index (χ4n) is 0.419. The van der Waals surface area contributed by atoms with Crippen LogP contribution in [0.2, 0.25) is 0 Å². The molecule has 1 atom stereocenters. The normalized spacial score (nSPS) is 16.4. The summed E-state index contributed by atoms with van der Waals surface area (Å²) in [5.74, 6) is -0.367. The fraction of sp³-hybridized carbons (Fsp3) is 0.800. The van der Waals surface area contributed by atoms with E-state index < -0.39 is 12.3 Å². The standard InChI is InChI=1S/C5H11NO3/c1-4(8)6-5(2,9)3-7/h7,9H,3H2,1-2H3,(H,6,8). The molecule has 9 heavy (non-hydrogen) atoms. The molecule has 0 aromatic rings. The molecule has 0 spiro atoms. The number of carbonyl (C=O) groups excluding carboxylic acids is 1. The first kappa shape index (κ1) is 8.39. The van der Waals surface area contributed by atoms with Gasteiger partial charge in [0.15, 0.2) is 5.72 Å². The lowest BCUT2D eigenvalue weighted by atomic mass is 10.3. The summed E-state index contributed by atoms with van der Waals surface area (Å²) in [6.07, 6.45) is 0. The van der Waals surface area contributed by atoms with Crippen LogP contribution in [0.4, 0.5) is 0 Å². The third kappa shape index (κ3) is 3.93. The number of aliphatic hydroxyl groups is 2. The van der Waals surface area contributed by atoms with Gasteiger partial charge in [0.05, 0.1) is 6.61 Å². The predicted octanol–water partition coefficient (Wildman–Crippen LogP) is -1.18. The molecule has 0 saturated carbocycles. The molecule has 0 heterocycles. The lowest BCUT2D eigenvalue weighted by Gasteiger charge is -2.20. The van der Waals surface area contributed by atoms with Crippen LogP contribution in [0.1, 0.15) is 13.8 Å². The second-order valence-electron chi connectivity index (χ2n) is 2.11. The van der Waals surface area contributed by atoms with E-state index in [1.807, 2.05) is 0 Å². The molecule has 4 heteroatoms. The van der Waals surface area contributed by atoms with E-state index in [1.165, 1.54) is 13.8 Å². The Balaban J connectivity index is 3.71. The maximum absolute atomic E-state index is 10.2. The summed E-state index contributed by atoms with van der Waals surface area (Å²) < 4.78 is 0. The van der Waals surface area contributed by atoms with E-state index in [2.05, 4.69) is 5.32 Å². The van der Waals surface area contributed by atoms with Gasteiger partial charge in [-0.25, -0.2) is 0 Å². The molecule has 0 radical (unpaired) electrons. The molecule has 0 bridgehead atoms. The molecule has 0 aliphatic rings. The largest absolute Gasteiger partial charge is 0.391 e. The van der Waals surface area contributed by atoms with Gasteiger partial charge in [-0.05, 0) is 6.92 Å². The molecule has 0 fully saturated rings. The molecule has 0 aromatic heterocycles. The third-order valence-corrected chi connectivity index (χ3v) is 0.753. The molecule has 0 aromatic carbocycles. The smallest absolute Gasteiger partial charge is 0.219 e. The second kappa shape index (κ2) is 2.80. The Morgan fingerprint density at radius 1 is 1.78 bits per heavy atom. The van der Waals surface area contributed by atoms with Crippen LogP contribution < -0.4 is 5.32 Å². The number of hydrogen-bond acceptors (Lipinski definition) is 3. The predicted molar refractivity (Wildman–Crippen MR) is 31.5 cm³/mol. The summed E-state index contributed by atoms with van der Waals surface area (Å²) in [6.45, 7) is 2.10. The Hall–Kier alpha value is -0.610. The topological polar surface area (TPSA) is 69.6 Å². The summed E-state index contributed by atoms with van der Waals surface area (Å²) in [6, 6.07) is 0. The van der Waals surface area contributed by atoms with Crippen LogP contribution in [0.15, 0.2) is 0 Å². The number of carbonyl (C=O) groups is 1. The van der Waals surface area contributed by atoms with Crippen molar-refractivity contribution in [3.8, 4) is 0 Å². The molecule has 0 aliphatic heterocycles. The third-order valence-electron chi connectivity index (χ3n) is 0.753. The van der Waals surface area contributed by atoms with E-state index in [-0.39, 0.29) is 5.91 Å². The lowest BCUT2D eigenvalue weighted by Crippen LogP contribution is -2.47. The maximum Gasteiger partial charge on any atom is 0.219 e. The first-order valence-electron chi connectivity index (χ1n) is 2.60. The maximum atomic E-state index is 10.2. The summed E-state index contributed by atoms with van der Waals surface area (Å²) in [5, 5.41) is 19.4. The second-order valence-corrected chi connectivity index (χ2v) is 2.11. The molecule has 54 valence electrons. The van der Waals surface area contributed by atoms with Crippen LogP contribution in [-0.2, 0) is 4.79 Å². The van der Waals surface area contributed by atoms with Crippen molar-refractivity contribution in [2.24, 2.45) is 0 Å². The van der Waals surface area contributed by atoms with E-state index in [9.17, 15) is 4.79 Å². The van der Waals surface area contributed by atoms with Crippen LogP contribution in [-0.4, -0.2) is 28.5 Å². The van der Waals surface area contributed by atoms with Gasteiger partial charge in [0.2, 0.25) is 5.91 Å². The van der Waals surface area contributed by atoms with Gasteiger partial charge in [-0.2, -0.15) is 0 Å². The van der Waals surface area contributed by atoms with Crippen LogP contribution in [0.5, 0.6) is 0 Å². The van der Waals surface area contributed by atoms with E-state index in [1.54, 1.807) is 0 Å². The van der Waals surface area contributed by atoms with Gasteiger partial charge in [0.25, 0.3) is 0 Å². The quantitative estimate of drug-likeness (QED) is 0.415. The van der Waals surface area contributed by atoms with Crippen LogP contribution in [0, 0.1) is 0 Å². The Labute approximate surface area is 53.5 Å². The highest BCUT2D eigenvalue weighted by Crippen LogP contribution is 1.93. The van der Waals surface area contributed by atoms with Crippen molar-refractivity contribution in [1.29, 1.82) is 0 Å². The van der Waals surface area contributed by atoms with Gasteiger partial charge < -0.3 is 15.5 Å². The molecule has 0 saturated heterocycles. The average Bonchev–Trinajstić information content (AvgIpc) is 1.63. The molecule has 0 aliphatic carbocycles. The van der Waals surface area contributed by atoms with Crippen molar-refractivity contribution >= 4 is 5.91 Å². The zero-order valence-electron chi connectivity index (χ0n) is 5.51. The highest BCUT2D eigenvalue weighted by atomic mass is 16.3. The monoisotopic (exact) mass is 133 g/mol. The molecule has 0 rings (SSSR count). The molecule has 1 amide bonds. The van der Waals surface area contributed by atoms with Crippen molar-refractivity contribution in [3.05, 3.63) is 0 Å². The van der Waals surface area contributed by atoms with E-state index in [4.69, 9.17) is 10.2 Å². The Morgan fingerprint density at radius 2 is 2.22 bits per heavy atom. The van der Waals surface area contributed by atoms with Crippen molar-refractivity contribution in [3.63, 3.8) is 0 Å². The van der Waals surface area contributed by atoms with Crippen molar-refractivity contribution in [1.82, 2.24) is 5.32 Å². The zero-order valence-corrected chi connectivity index (χ0v) is 5.51. The Kier molecular flexibility index (Phi) is 2.61. The van der Waals surface area contributed by atoms with Gasteiger partial charge in [0, 0.05) is 6.92 Å². The van der Waals surface area contributed by atoms with Crippen LogP contribution in [0.25, 0.3) is 0 Å². The molecular formula is C5H11NO3. The minimum Gasteiger partial charge on any atom is -0.391 e. The van der Waals surface area contributed by atoms with Gasteiger partial charge in [0.1, 0.15) is 0 Å². The van der Waals surface area contributed by atoms with Crippen molar-refractivity contribution in [2.45, 2.75) is 19.6 Å². The van der Waals surface area contributed by atoms with E-state index in [0.717, 1.165) is 0 Å². The van der Waals surface area contributed by atoms with Crippen LogP contribution >= 0.6 is 0 Å². The summed E-state index contributed by atoms with van der Waals surface area (Å²) in [4.78, 5) is 10.2. The first-order valence-corrected chi connectivity index (χ1v) is 2.60. The number of hydrogen-bond donors (Lipinski definition) is 3. The molecular weight excluding hydrogens is 122 g/mol. The van der Waals surface area contributed by atoms with Crippen LogP contribution in [0.3, 0.4) is 0 Å². The molecule has 1 unspecified atom stereocenters. The zero-order chi connectivity index (χ0) is 7.49. The number of aliphatic hydroxyl groups excluding tert-OH is 1. The minimum atomic E-state index is -1.48. The first-order chi connectivity index (χ1) is 3.98. The fourth-order valence-corrected chi connectivity index (χ4v) is 0.419. The summed E-state index contributed by atoms with van der Waals surface area (Å²) in [5.41, 5.74) is -1.48.